The highest BCUT2D eigenvalue weighted by Gasteiger charge is 2.57. The molecule has 3 aromatic carbocycles. The van der Waals surface area contributed by atoms with Gasteiger partial charge in [-0.25, -0.2) is 8.78 Å². The molecule has 2 fully saturated rings. The predicted molar refractivity (Wildman–Crippen MR) is 155 cm³/mol. The molecule has 2 saturated carbocycles. The summed E-state index contributed by atoms with van der Waals surface area (Å²) in [7, 11) is 0. The first-order chi connectivity index (χ1) is 21.2. The molecule has 0 saturated heterocycles. The van der Waals surface area contributed by atoms with Gasteiger partial charge in [-0.15, -0.1) is 0 Å². The van der Waals surface area contributed by atoms with Crippen molar-refractivity contribution < 1.29 is 37.3 Å². The SMILES string of the molecule is NC(=O)C1(C(=O)N(c2ccc(F)cc2)c2ccc(Oc3ccnc4cc(OCC5(N)CC5)c5c(c34)OCCO5)c(F)c2)CC1. The van der Waals surface area contributed by atoms with E-state index in [4.69, 9.17) is 30.4 Å². The number of benzene rings is 3. The van der Waals surface area contributed by atoms with Crippen molar-refractivity contribution in [1.82, 2.24) is 4.98 Å². The van der Waals surface area contributed by atoms with E-state index in [0.29, 0.717) is 41.4 Å². The molecular weight excluding hydrogens is 574 g/mol. The van der Waals surface area contributed by atoms with Gasteiger partial charge in [0.1, 0.15) is 36.8 Å². The summed E-state index contributed by atoms with van der Waals surface area (Å²) in [6.45, 7) is 0.916. The number of hydrogen-bond donors (Lipinski definition) is 2. The molecule has 0 bridgehead atoms. The number of aromatic nitrogens is 1. The number of nitrogens with zero attached hydrogens (tertiary/aromatic N) is 2. The Kier molecular flexibility index (Phi) is 6.54. The van der Waals surface area contributed by atoms with E-state index in [9.17, 15) is 14.0 Å². The van der Waals surface area contributed by atoms with Crippen molar-refractivity contribution in [2.45, 2.75) is 31.2 Å². The Morgan fingerprint density at radius 1 is 0.886 bits per heavy atom. The number of hydrogen-bond acceptors (Lipinski definition) is 8. The molecule has 0 atom stereocenters. The van der Waals surface area contributed by atoms with Gasteiger partial charge in [0.25, 0.3) is 0 Å². The predicted octanol–water partition coefficient (Wildman–Crippen LogP) is 4.88. The first-order valence-corrected chi connectivity index (χ1v) is 14.2. The fraction of sp³-hybridized carbons (Fsp3) is 0.281. The van der Waals surface area contributed by atoms with Crippen LogP contribution in [-0.2, 0) is 9.59 Å². The summed E-state index contributed by atoms with van der Waals surface area (Å²) >= 11 is 0. The summed E-state index contributed by atoms with van der Waals surface area (Å²) in [4.78, 5) is 31.4. The number of nitrogens with two attached hydrogens (primary N) is 2. The molecule has 1 aliphatic heterocycles. The minimum Gasteiger partial charge on any atom is -0.488 e. The number of rotatable bonds is 9. The first kappa shape index (κ1) is 27.8. The molecule has 7 rings (SSSR count). The molecule has 4 N–H and O–H groups in total. The number of pyridine rings is 1. The van der Waals surface area contributed by atoms with E-state index in [-0.39, 0.29) is 47.9 Å². The number of anilines is 2. The zero-order valence-corrected chi connectivity index (χ0v) is 23.5. The number of fused-ring (bicyclic) bond motifs is 3. The van der Waals surface area contributed by atoms with Gasteiger partial charge in [-0.3, -0.25) is 19.5 Å². The second-order valence-corrected chi connectivity index (χ2v) is 11.4. The van der Waals surface area contributed by atoms with Crippen molar-refractivity contribution in [2.75, 3.05) is 24.7 Å². The zero-order chi connectivity index (χ0) is 30.6. The third kappa shape index (κ3) is 4.90. The summed E-state index contributed by atoms with van der Waals surface area (Å²) in [5.74, 6) is -1.39. The standard InChI is InChI=1S/C32H28F2N4O6/c33-18-1-3-19(4-2-18)38(30(40)32(10-11-32)29(35)39)20-5-6-23(21(34)15-20)44-24-7-12-37-22-16-25(43-17-31(36)8-9-31)27-28(26(22)24)42-14-13-41-27/h1-7,12,15-16H,8-11,13-14,17,36H2,(H2,35,39). The fourth-order valence-corrected chi connectivity index (χ4v) is 5.20. The van der Waals surface area contributed by atoms with Crippen molar-refractivity contribution in [1.29, 1.82) is 0 Å². The topological polar surface area (TPSA) is 139 Å². The lowest BCUT2D eigenvalue weighted by molar-refractivity contribution is -0.133. The van der Waals surface area contributed by atoms with Gasteiger partial charge in [0.05, 0.1) is 22.1 Å². The monoisotopic (exact) mass is 602 g/mol. The maximum absolute atomic E-state index is 15.7. The quantitative estimate of drug-likeness (QED) is 0.259. The highest BCUT2D eigenvalue weighted by molar-refractivity contribution is 6.16. The molecule has 226 valence electrons. The fourth-order valence-electron chi connectivity index (χ4n) is 5.20. The molecule has 0 radical (unpaired) electrons. The zero-order valence-electron chi connectivity index (χ0n) is 23.5. The van der Waals surface area contributed by atoms with E-state index in [1.807, 2.05) is 0 Å². The molecule has 3 aliphatic rings. The van der Waals surface area contributed by atoms with E-state index in [0.717, 1.165) is 18.9 Å². The van der Waals surface area contributed by atoms with Crippen LogP contribution in [0.15, 0.2) is 60.8 Å². The number of ether oxygens (including phenoxy) is 4. The van der Waals surface area contributed by atoms with Gasteiger partial charge in [-0.2, -0.15) is 0 Å². The van der Waals surface area contributed by atoms with Crippen LogP contribution in [0.25, 0.3) is 10.9 Å². The summed E-state index contributed by atoms with van der Waals surface area (Å²) in [6.07, 6.45) is 3.81. The summed E-state index contributed by atoms with van der Waals surface area (Å²) in [5, 5.41) is 0.465. The van der Waals surface area contributed by atoms with Crippen LogP contribution in [0.3, 0.4) is 0 Å². The molecule has 10 nitrogen and oxygen atoms in total. The van der Waals surface area contributed by atoms with Gasteiger partial charge in [0, 0.05) is 24.0 Å². The van der Waals surface area contributed by atoms with Crippen molar-refractivity contribution >= 4 is 34.1 Å². The Morgan fingerprint density at radius 3 is 2.25 bits per heavy atom. The van der Waals surface area contributed by atoms with E-state index >= 15 is 4.39 Å². The van der Waals surface area contributed by atoms with Crippen LogP contribution in [0, 0.1) is 17.0 Å². The number of carbonyl (C=O) groups excluding carboxylic acids is 2. The van der Waals surface area contributed by atoms with Crippen LogP contribution >= 0.6 is 0 Å². The molecule has 1 aromatic heterocycles. The van der Waals surface area contributed by atoms with Crippen molar-refractivity contribution in [2.24, 2.45) is 16.9 Å². The van der Waals surface area contributed by atoms with Gasteiger partial charge < -0.3 is 30.4 Å². The maximum atomic E-state index is 15.7. The summed E-state index contributed by atoms with van der Waals surface area (Å²) in [5.41, 5.74) is 10.9. The lowest BCUT2D eigenvalue weighted by Crippen LogP contribution is -2.41. The van der Waals surface area contributed by atoms with E-state index in [1.165, 1.54) is 47.5 Å². The highest BCUT2D eigenvalue weighted by Crippen LogP contribution is 2.51. The van der Waals surface area contributed by atoms with Crippen LogP contribution in [0.1, 0.15) is 25.7 Å². The number of amides is 2. The number of carbonyl (C=O) groups is 2. The molecule has 0 unspecified atom stereocenters. The second kappa shape index (κ2) is 10.3. The largest absolute Gasteiger partial charge is 0.488 e. The van der Waals surface area contributed by atoms with E-state index < -0.39 is 28.9 Å². The smallest absolute Gasteiger partial charge is 0.247 e. The normalized spacial score (nSPS) is 17.1. The number of primary amides is 1. The van der Waals surface area contributed by atoms with Gasteiger partial charge in [-0.05, 0) is 68.1 Å². The molecule has 12 heteroatoms. The van der Waals surface area contributed by atoms with Crippen LogP contribution in [0.4, 0.5) is 20.2 Å². The van der Waals surface area contributed by atoms with Crippen molar-refractivity contribution in [3.05, 3.63) is 72.4 Å². The lowest BCUT2D eigenvalue weighted by Gasteiger charge is -2.27. The van der Waals surface area contributed by atoms with Crippen LogP contribution < -0.4 is 35.3 Å². The Morgan fingerprint density at radius 2 is 1.59 bits per heavy atom. The number of halogens is 2. The van der Waals surface area contributed by atoms with Gasteiger partial charge in [0.2, 0.25) is 17.6 Å². The lowest BCUT2D eigenvalue weighted by atomic mass is 10.0. The molecule has 2 heterocycles. The van der Waals surface area contributed by atoms with Crippen molar-refractivity contribution in [3.8, 4) is 28.7 Å². The van der Waals surface area contributed by atoms with Crippen LogP contribution in [-0.4, -0.2) is 42.2 Å². The average molecular weight is 603 g/mol. The molecular formula is C32H28F2N4O6. The molecule has 2 aliphatic carbocycles. The first-order valence-electron chi connectivity index (χ1n) is 14.2. The van der Waals surface area contributed by atoms with Gasteiger partial charge >= 0.3 is 0 Å². The Balaban J connectivity index is 1.24. The third-order valence-corrected chi connectivity index (χ3v) is 8.16. The Bertz CT molecular complexity index is 1810. The Labute approximate surface area is 250 Å². The summed E-state index contributed by atoms with van der Waals surface area (Å²) < 4.78 is 53.3. The molecule has 44 heavy (non-hydrogen) atoms. The van der Waals surface area contributed by atoms with Gasteiger partial charge in [-0.1, -0.05) is 0 Å². The highest BCUT2D eigenvalue weighted by atomic mass is 19.1. The molecule has 2 amide bonds. The molecule has 4 aromatic rings. The van der Waals surface area contributed by atoms with E-state index in [1.54, 1.807) is 12.1 Å². The molecule has 0 spiro atoms. The van der Waals surface area contributed by atoms with Crippen LogP contribution in [0.2, 0.25) is 0 Å². The minimum absolute atomic E-state index is 0.114. The van der Waals surface area contributed by atoms with Crippen molar-refractivity contribution in [3.63, 3.8) is 0 Å². The average Bonchev–Trinajstić information content (AvgIpc) is 3.95. The summed E-state index contributed by atoms with van der Waals surface area (Å²) in [6, 6.07) is 12.3. The van der Waals surface area contributed by atoms with Gasteiger partial charge in [0.15, 0.2) is 23.1 Å². The maximum Gasteiger partial charge on any atom is 0.247 e. The van der Waals surface area contributed by atoms with Crippen LogP contribution in [0.5, 0.6) is 28.7 Å². The Hall–Kier alpha value is -4.97. The minimum atomic E-state index is -1.40. The second-order valence-electron chi connectivity index (χ2n) is 11.4. The van der Waals surface area contributed by atoms with E-state index in [2.05, 4.69) is 4.98 Å². The third-order valence-electron chi connectivity index (χ3n) is 8.16.